The van der Waals surface area contributed by atoms with Crippen LogP contribution in [-0.4, -0.2) is 10.7 Å². The molecule has 0 amide bonds. The fourth-order valence-electron chi connectivity index (χ4n) is 3.56. The minimum Gasteiger partial charge on any atom is -0.389 e. The third kappa shape index (κ3) is 2.22. The molecule has 0 spiro atoms. The standard InChI is InChI=1S/C14H26O/c1-3-11-5-7-12(8-6-11)14(15,4-2)13-9-10-13/h11-13,15H,3-10H2,1-2H3. The van der Waals surface area contributed by atoms with Gasteiger partial charge in [0.15, 0.2) is 0 Å². The first-order chi connectivity index (χ1) is 7.20. The molecule has 2 saturated carbocycles. The summed E-state index contributed by atoms with van der Waals surface area (Å²) in [6, 6.07) is 0. The first kappa shape index (κ1) is 11.4. The van der Waals surface area contributed by atoms with E-state index in [-0.39, 0.29) is 5.60 Å². The highest BCUT2D eigenvalue weighted by molar-refractivity contribution is 4.99. The molecule has 88 valence electrons. The molecule has 1 N–H and O–H groups in total. The summed E-state index contributed by atoms with van der Waals surface area (Å²) in [4.78, 5) is 0. The smallest absolute Gasteiger partial charge is 0.0701 e. The van der Waals surface area contributed by atoms with E-state index < -0.39 is 0 Å². The third-order valence-electron chi connectivity index (χ3n) is 4.98. The van der Waals surface area contributed by atoms with Gasteiger partial charge in [0.05, 0.1) is 5.60 Å². The molecule has 0 aromatic carbocycles. The van der Waals surface area contributed by atoms with E-state index in [0.717, 1.165) is 12.3 Å². The summed E-state index contributed by atoms with van der Waals surface area (Å²) in [5.41, 5.74) is -0.293. The normalized spacial score (nSPS) is 36.2. The fourth-order valence-corrected chi connectivity index (χ4v) is 3.56. The van der Waals surface area contributed by atoms with Gasteiger partial charge in [0.2, 0.25) is 0 Å². The quantitative estimate of drug-likeness (QED) is 0.749. The van der Waals surface area contributed by atoms with Crippen LogP contribution in [0, 0.1) is 17.8 Å². The average Bonchev–Trinajstić information content (AvgIpc) is 3.12. The highest BCUT2D eigenvalue weighted by atomic mass is 16.3. The molecular formula is C14H26O. The van der Waals surface area contributed by atoms with E-state index >= 15 is 0 Å². The van der Waals surface area contributed by atoms with Crippen molar-refractivity contribution in [1.29, 1.82) is 0 Å². The van der Waals surface area contributed by atoms with Crippen LogP contribution in [0.25, 0.3) is 0 Å². The molecule has 1 unspecified atom stereocenters. The van der Waals surface area contributed by atoms with Crippen LogP contribution in [-0.2, 0) is 0 Å². The van der Waals surface area contributed by atoms with Crippen LogP contribution >= 0.6 is 0 Å². The lowest BCUT2D eigenvalue weighted by atomic mass is 9.70. The lowest BCUT2D eigenvalue weighted by molar-refractivity contribution is -0.0601. The summed E-state index contributed by atoms with van der Waals surface area (Å²) in [6.45, 7) is 4.47. The van der Waals surface area contributed by atoms with Gasteiger partial charge in [0.1, 0.15) is 0 Å². The van der Waals surface area contributed by atoms with Gasteiger partial charge in [-0.05, 0) is 49.9 Å². The molecule has 15 heavy (non-hydrogen) atoms. The summed E-state index contributed by atoms with van der Waals surface area (Å²) >= 11 is 0. The first-order valence-electron chi connectivity index (χ1n) is 6.93. The summed E-state index contributed by atoms with van der Waals surface area (Å²) in [5, 5.41) is 10.7. The molecule has 1 atom stereocenters. The Bertz CT molecular complexity index is 201. The van der Waals surface area contributed by atoms with Crippen molar-refractivity contribution in [2.24, 2.45) is 17.8 Å². The van der Waals surface area contributed by atoms with E-state index in [1.54, 1.807) is 0 Å². The number of hydrogen-bond acceptors (Lipinski definition) is 1. The fraction of sp³-hybridized carbons (Fsp3) is 1.00. The van der Waals surface area contributed by atoms with Gasteiger partial charge >= 0.3 is 0 Å². The topological polar surface area (TPSA) is 20.2 Å². The van der Waals surface area contributed by atoms with E-state index in [0.29, 0.717) is 11.8 Å². The highest BCUT2D eigenvalue weighted by Crippen LogP contribution is 2.50. The molecule has 0 aromatic heterocycles. The van der Waals surface area contributed by atoms with Crippen LogP contribution in [0.4, 0.5) is 0 Å². The maximum absolute atomic E-state index is 10.7. The van der Waals surface area contributed by atoms with Crippen molar-refractivity contribution in [1.82, 2.24) is 0 Å². The highest BCUT2D eigenvalue weighted by Gasteiger charge is 2.48. The zero-order valence-electron chi connectivity index (χ0n) is 10.3. The molecule has 0 heterocycles. The van der Waals surface area contributed by atoms with Crippen molar-refractivity contribution in [2.75, 3.05) is 0 Å². The Balaban J connectivity index is 1.93. The summed E-state index contributed by atoms with van der Waals surface area (Å²) in [7, 11) is 0. The molecule has 1 heteroatoms. The molecule has 0 saturated heterocycles. The van der Waals surface area contributed by atoms with Crippen molar-refractivity contribution in [2.45, 2.75) is 70.8 Å². The predicted molar refractivity (Wildman–Crippen MR) is 63.7 cm³/mol. The molecule has 2 fully saturated rings. The number of aliphatic hydroxyl groups is 1. The molecule has 0 aromatic rings. The second-order valence-corrected chi connectivity index (χ2v) is 5.74. The van der Waals surface area contributed by atoms with Crippen LogP contribution in [0.2, 0.25) is 0 Å². The van der Waals surface area contributed by atoms with Crippen molar-refractivity contribution >= 4 is 0 Å². The SMILES string of the molecule is CCC1CCC(C(O)(CC)C2CC2)CC1. The molecule has 2 aliphatic carbocycles. The van der Waals surface area contributed by atoms with Crippen LogP contribution in [0.1, 0.15) is 65.2 Å². The minimum absolute atomic E-state index is 0.293. The lowest BCUT2D eigenvalue weighted by Crippen LogP contribution is -2.41. The average molecular weight is 210 g/mol. The Morgan fingerprint density at radius 1 is 0.933 bits per heavy atom. The van der Waals surface area contributed by atoms with Crippen molar-refractivity contribution in [3.05, 3.63) is 0 Å². The second kappa shape index (κ2) is 4.45. The maximum atomic E-state index is 10.7. The molecular weight excluding hydrogens is 184 g/mol. The molecule has 2 aliphatic rings. The number of hydrogen-bond donors (Lipinski definition) is 1. The van der Waals surface area contributed by atoms with Crippen molar-refractivity contribution in [3.8, 4) is 0 Å². The van der Waals surface area contributed by atoms with Gasteiger partial charge < -0.3 is 5.11 Å². The van der Waals surface area contributed by atoms with Crippen LogP contribution in [0.15, 0.2) is 0 Å². The Hall–Kier alpha value is -0.0400. The van der Waals surface area contributed by atoms with Crippen molar-refractivity contribution < 1.29 is 5.11 Å². The largest absolute Gasteiger partial charge is 0.389 e. The Morgan fingerprint density at radius 3 is 1.73 bits per heavy atom. The van der Waals surface area contributed by atoms with E-state index in [2.05, 4.69) is 13.8 Å². The summed E-state index contributed by atoms with van der Waals surface area (Å²) in [5.74, 6) is 2.20. The van der Waals surface area contributed by atoms with Crippen LogP contribution < -0.4 is 0 Å². The van der Waals surface area contributed by atoms with Crippen LogP contribution in [0.5, 0.6) is 0 Å². The van der Waals surface area contributed by atoms with Gasteiger partial charge in [0.25, 0.3) is 0 Å². The Labute approximate surface area is 94.3 Å². The van der Waals surface area contributed by atoms with Crippen molar-refractivity contribution in [3.63, 3.8) is 0 Å². The van der Waals surface area contributed by atoms with E-state index in [1.807, 2.05) is 0 Å². The zero-order chi connectivity index (χ0) is 10.9. The minimum atomic E-state index is -0.293. The van der Waals surface area contributed by atoms with Gasteiger partial charge in [-0.2, -0.15) is 0 Å². The summed E-state index contributed by atoms with van der Waals surface area (Å²) in [6.07, 6.45) is 10.1. The summed E-state index contributed by atoms with van der Waals surface area (Å²) < 4.78 is 0. The first-order valence-corrected chi connectivity index (χ1v) is 6.93. The lowest BCUT2D eigenvalue weighted by Gasteiger charge is -2.40. The van der Waals surface area contributed by atoms with E-state index in [9.17, 15) is 5.11 Å². The zero-order valence-corrected chi connectivity index (χ0v) is 10.3. The molecule has 1 nitrogen and oxygen atoms in total. The van der Waals surface area contributed by atoms with Gasteiger partial charge in [0, 0.05) is 0 Å². The molecule has 0 bridgehead atoms. The Morgan fingerprint density at radius 2 is 1.40 bits per heavy atom. The Kier molecular flexibility index (Phi) is 3.39. The molecule has 2 rings (SSSR count). The van der Waals surface area contributed by atoms with E-state index in [1.165, 1.54) is 44.9 Å². The van der Waals surface area contributed by atoms with E-state index in [4.69, 9.17) is 0 Å². The van der Waals surface area contributed by atoms with Gasteiger partial charge in [-0.15, -0.1) is 0 Å². The molecule has 0 aliphatic heterocycles. The maximum Gasteiger partial charge on any atom is 0.0701 e. The monoisotopic (exact) mass is 210 g/mol. The van der Waals surface area contributed by atoms with Gasteiger partial charge in [-0.25, -0.2) is 0 Å². The van der Waals surface area contributed by atoms with Crippen LogP contribution in [0.3, 0.4) is 0 Å². The second-order valence-electron chi connectivity index (χ2n) is 5.74. The predicted octanol–water partition coefficient (Wildman–Crippen LogP) is 3.75. The third-order valence-corrected chi connectivity index (χ3v) is 4.98. The molecule has 0 radical (unpaired) electrons. The van der Waals surface area contributed by atoms with Gasteiger partial charge in [-0.3, -0.25) is 0 Å². The number of rotatable bonds is 4. The van der Waals surface area contributed by atoms with Gasteiger partial charge in [-0.1, -0.05) is 33.1 Å².